The number of likely N-dealkylation sites (tertiary alicyclic amines) is 2. The van der Waals surface area contributed by atoms with Gasteiger partial charge in [-0.15, -0.1) is 0 Å². The van der Waals surface area contributed by atoms with E-state index in [0.717, 1.165) is 37.7 Å². The van der Waals surface area contributed by atoms with Crippen LogP contribution in [-0.4, -0.2) is 133 Å². The number of benzene rings is 1. The number of hydrogen-bond donors (Lipinski definition) is 3. The summed E-state index contributed by atoms with van der Waals surface area (Å²) in [6.07, 6.45) is 4.04. The van der Waals surface area contributed by atoms with Crippen molar-refractivity contribution in [1.29, 1.82) is 0 Å². The fourth-order valence-corrected chi connectivity index (χ4v) is 9.24. The third-order valence-electron chi connectivity index (χ3n) is 12.6. The second-order valence-corrected chi connectivity index (χ2v) is 16.2. The predicted octanol–water partition coefficient (Wildman–Crippen LogP) is 3.34. The number of carbonyl (C=O) groups excluding carboxylic acids is 4. The molecule has 0 radical (unpaired) electrons. The van der Waals surface area contributed by atoms with Crippen LogP contribution in [0.25, 0.3) is 0 Å². The van der Waals surface area contributed by atoms with Crippen molar-refractivity contribution in [3.63, 3.8) is 0 Å². The molecule has 2 saturated heterocycles. The van der Waals surface area contributed by atoms with E-state index in [1.165, 1.54) is 7.11 Å². The summed E-state index contributed by atoms with van der Waals surface area (Å²) in [6.45, 7) is 10.1. The highest BCUT2D eigenvalue weighted by Crippen LogP contribution is 2.41. The number of amides is 4. The average molecular weight is 756 g/mol. The van der Waals surface area contributed by atoms with Gasteiger partial charge in [0.05, 0.1) is 42.7 Å². The van der Waals surface area contributed by atoms with E-state index in [-0.39, 0.29) is 48.4 Å². The number of carboxylic acids is 1. The van der Waals surface area contributed by atoms with Crippen LogP contribution in [0.15, 0.2) is 30.3 Å². The molecule has 13 nitrogen and oxygen atoms in total. The maximum atomic E-state index is 14.3. The van der Waals surface area contributed by atoms with E-state index in [9.17, 15) is 29.1 Å². The molecule has 1 saturated carbocycles. The van der Waals surface area contributed by atoms with Gasteiger partial charge < -0.3 is 35.0 Å². The van der Waals surface area contributed by atoms with Crippen LogP contribution >= 0.6 is 0 Å². The largest absolute Gasteiger partial charge is 0.480 e. The molecule has 2 heterocycles. The fourth-order valence-electron chi connectivity index (χ4n) is 9.24. The minimum Gasteiger partial charge on any atom is -0.480 e. The summed E-state index contributed by atoms with van der Waals surface area (Å²) in [4.78, 5) is 73.3. The molecule has 3 N–H and O–H groups in total. The third-order valence-corrected chi connectivity index (χ3v) is 12.6. The number of nitrogens with zero attached hydrogens (tertiary/aromatic N) is 3. The molecule has 2 unspecified atom stereocenters. The molecule has 4 rings (SSSR count). The van der Waals surface area contributed by atoms with Gasteiger partial charge in [-0.3, -0.25) is 24.1 Å². The first-order valence-electron chi connectivity index (χ1n) is 19.9. The first-order valence-corrected chi connectivity index (χ1v) is 19.9. The summed E-state index contributed by atoms with van der Waals surface area (Å²) in [7, 11) is 6.80. The topological polar surface area (TPSA) is 158 Å². The number of nitrogens with one attached hydrogen (secondary N) is 2. The van der Waals surface area contributed by atoms with Crippen molar-refractivity contribution in [2.24, 2.45) is 23.7 Å². The van der Waals surface area contributed by atoms with Crippen molar-refractivity contribution in [1.82, 2.24) is 25.3 Å². The minimum absolute atomic E-state index is 0.00342. The number of hydrogen-bond acceptors (Lipinski definition) is 8. The lowest BCUT2D eigenvalue weighted by Gasteiger charge is -2.41. The smallest absolute Gasteiger partial charge is 0.326 e. The summed E-state index contributed by atoms with van der Waals surface area (Å²) in [6, 6.07) is 6.58. The third kappa shape index (κ3) is 9.81. The van der Waals surface area contributed by atoms with Crippen molar-refractivity contribution in [3.8, 4) is 0 Å². The molecule has 54 heavy (non-hydrogen) atoms. The van der Waals surface area contributed by atoms with Gasteiger partial charge in [0.15, 0.2) is 0 Å². The molecule has 0 spiro atoms. The Kier molecular flexibility index (Phi) is 15.5. The van der Waals surface area contributed by atoms with Crippen molar-refractivity contribution in [2.45, 2.75) is 134 Å². The first kappa shape index (κ1) is 43.2. The van der Waals surface area contributed by atoms with Gasteiger partial charge in [0.2, 0.25) is 23.6 Å². The van der Waals surface area contributed by atoms with Crippen LogP contribution in [0.2, 0.25) is 0 Å². The molecule has 13 heteroatoms. The average Bonchev–Trinajstić information content (AvgIpc) is 3.90. The lowest BCUT2D eigenvalue weighted by molar-refractivity contribution is -0.148. The highest BCUT2D eigenvalue weighted by molar-refractivity contribution is 5.90. The molecule has 302 valence electrons. The van der Waals surface area contributed by atoms with E-state index in [2.05, 4.69) is 15.5 Å². The van der Waals surface area contributed by atoms with Gasteiger partial charge >= 0.3 is 5.97 Å². The Morgan fingerprint density at radius 1 is 0.981 bits per heavy atom. The molecular formula is C41H65N5O8. The SMILES string of the molecule is CC[C@H](C)[C@@H]([C@@H](CC(=O)N1CCCC1[C@H](OC)[C@@H](C)C(=O)N[C@@H](Cc1ccccc1)C(=O)O)OC)N(C)C(=O)C(NC(=O)[C@@H]1[C@H]2CC[C@H](C2)N1C)C(C)C. The molecule has 1 aromatic carbocycles. The van der Waals surface area contributed by atoms with Crippen LogP contribution in [-0.2, 0) is 39.9 Å². The molecule has 0 aromatic heterocycles. The standard InChI is InChI=1S/C41H65N5O8/c1-10-25(4)35(45(7)40(50)34(24(2)3)43-39(49)36-28-18-19-29(22-28)44(36)6)32(53-8)23-33(47)46-20-14-17-31(46)37(54-9)26(5)38(48)42-30(41(51)52)21-27-15-12-11-13-16-27/h11-13,15-16,24-26,28-32,34-37H,10,14,17-23H2,1-9H3,(H,42,48)(H,43,49)(H,51,52)/t25-,26+,28-,29+,30-,31?,32+,34?,35-,36-,37+/m0/s1. The second kappa shape index (κ2) is 19.4. The minimum atomic E-state index is -1.13. The number of aliphatic carboxylic acids is 1. The van der Waals surface area contributed by atoms with E-state index in [4.69, 9.17) is 9.47 Å². The Morgan fingerprint density at radius 2 is 1.67 bits per heavy atom. The molecule has 2 bridgehead atoms. The van der Waals surface area contributed by atoms with Crippen LogP contribution in [0, 0.1) is 23.7 Å². The summed E-state index contributed by atoms with van der Waals surface area (Å²) in [5.41, 5.74) is 0.789. The number of likely N-dealkylation sites (N-methyl/N-ethyl adjacent to an activating group) is 2. The Labute approximate surface area is 321 Å². The molecule has 11 atom stereocenters. The van der Waals surface area contributed by atoms with Crippen molar-refractivity contribution >= 4 is 29.6 Å². The Morgan fingerprint density at radius 3 is 2.22 bits per heavy atom. The van der Waals surface area contributed by atoms with Crippen LogP contribution in [0.1, 0.15) is 85.1 Å². The molecule has 1 aromatic rings. The maximum absolute atomic E-state index is 14.3. The zero-order valence-electron chi connectivity index (χ0n) is 33.8. The Balaban J connectivity index is 1.46. The summed E-state index contributed by atoms with van der Waals surface area (Å²) < 4.78 is 11.9. The Bertz CT molecular complexity index is 1440. The normalized spacial score (nSPS) is 25.0. The summed E-state index contributed by atoms with van der Waals surface area (Å²) in [5.74, 6) is -2.71. The number of ether oxygens (including phenoxy) is 2. The number of fused-ring (bicyclic) bond motifs is 2. The van der Waals surface area contributed by atoms with Crippen LogP contribution in [0.5, 0.6) is 0 Å². The van der Waals surface area contributed by atoms with Crippen LogP contribution in [0.4, 0.5) is 0 Å². The van der Waals surface area contributed by atoms with Crippen molar-refractivity contribution < 1.29 is 38.6 Å². The van der Waals surface area contributed by atoms with E-state index in [0.29, 0.717) is 24.9 Å². The van der Waals surface area contributed by atoms with Crippen LogP contribution in [0.3, 0.4) is 0 Å². The lowest BCUT2D eigenvalue weighted by atomic mass is 9.89. The highest BCUT2D eigenvalue weighted by Gasteiger charge is 2.49. The number of rotatable bonds is 19. The van der Waals surface area contributed by atoms with Crippen LogP contribution < -0.4 is 10.6 Å². The Hall–Kier alpha value is -3.55. The van der Waals surface area contributed by atoms with E-state index in [1.807, 2.05) is 65.1 Å². The van der Waals surface area contributed by atoms with Crippen molar-refractivity contribution in [2.75, 3.05) is 34.9 Å². The van der Waals surface area contributed by atoms with Gasteiger partial charge in [0, 0.05) is 40.3 Å². The lowest BCUT2D eigenvalue weighted by Crippen LogP contribution is -2.60. The molecule has 1 aliphatic carbocycles. The number of piperidine rings is 1. The second-order valence-electron chi connectivity index (χ2n) is 16.2. The molecule has 4 amide bonds. The van der Waals surface area contributed by atoms with E-state index in [1.54, 1.807) is 30.9 Å². The monoisotopic (exact) mass is 755 g/mol. The zero-order chi connectivity index (χ0) is 39.9. The summed E-state index contributed by atoms with van der Waals surface area (Å²) in [5, 5.41) is 15.7. The molecular weight excluding hydrogens is 690 g/mol. The van der Waals surface area contributed by atoms with E-state index < -0.39 is 54.2 Å². The van der Waals surface area contributed by atoms with Gasteiger partial charge in [0.1, 0.15) is 12.1 Å². The number of methoxy groups -OCH3 is 2. The van der Waals surface area contributed by atoms with Gasteiger partial charge in [-0.1, -0.05) is 71.4 Å². The van der Waals surface area contributed by atoms with Gasteiger partial charge in [-0.05, 0) is 62.5 Å². The van der Waals surface area contributed by atoms with Crippen molar-refractivity contribution in [3.05, 3.63) is 35.9 Å². The van der Waals surface area contributed by atoms with E-state index >= 15 is 0 Å². The number of carboxylic acid groups (broad SMARTS) is 1. The molecule has 3 aliphatic rings. The quantitative estimate of drug-likeness (QED) is 0.193. The maximum Gasteiger partial charge on any atom is 0.326 e. The zero-order valence-corrected chi connectivity index (χ0v) is 33.8. The fraction of sp³-hybridized carbons (Fsp3) is 0.732. The summed E-state index contributed by atoms with van der Waals surface area (Å²) >= 11 is 0. The van der Waals surface area contributed by atoms with Gasteiger partial charge in [-0.25, -0.2) is 4.79 Å². The number of carbonyl (C=O) groups is 5. The van der Waals surface area contributed by atoms with Gasteiger partial charge in [-0.2, -0.15) is 0 Å². The van der Waals surface area contributed by atoms with Gasteiger partial charge in [0.25, 0.3) is 0 Å². The highest BCUT2D eigenvalue weighted by atomic mass is 16.5. The first-order chi connectivity index (χ1) is 25.6. The molecule has 3 fully saturated rings. The predicted molar refractivity (Wildman–Crippen MR) is 205 cm³/mol. The molecule has 2 aliphatic heterocycles.